The summed E-state index contributed by atoms with van der Waals surface area (Å²) in [4.78, 5) is 0. The van der Waals surface area contributed by atoms with E-state index in [1.807, 2.05) is 12.1 Å². The van der Waals surface area contributed by atoms with Gasteiger partial charge in [0, 0.05) is 50.4 Å². The molecule has 0 aliphatic carbocycles. The van der Waals surface area contributed by atoms with Gasteiger partial charge in [0.15, 0.2) is 0 Å². The zero-order valence-electron chi connectivity index (χ0n) is 11.6. The van der Waals surface area contributed by atoms with Crippen LogP contribution in [0.4, 0.5) is 0 Å². The van der Waals surface area contributed by atoms with Crippen LogP contribution in [-0.4, -0.2) is 40.6 Å². The third-order valence-electron chi connectivity index (χ3n) is 2.57. The maximum atomic E-state index is 5.78. The maximum absolute atomic E-state index is 5.78. The molecule has 1 N–H and O–H groups in total. The molecule has 0 amide bonds. The average molecular weight is 332 g/mol. The molecule has 5 heteroatoms. The van der Waals surface area contributed by atoms with Crippen molar-refractivity contribution in [3.63, 3.8) is 0 Å². The van der Waals surface area contributed by atoms with Crippen molar-refractivity contribution in [2.75, 3.05) is 40.6 Å². The van der Waals surface area contributed by atoms with Crippen molar-refractivity contribution in [1.29, 1.82) is 0 Å². The molecule has 1 rings (SSSR count). The zero-order valence-corrected chi connectivity index (χ0v) is 13.2. The Morgan fingerprint density at radius 3 is 2.63 bits per heavy atom. The number of rotatable bonds is 10. The fourth-order valence-electron chi connectivity index (χ4n) is 1.61. The van der Waals surface area contributed by atoms with Gasteiger partial charge < -0.3 is 19.5 Å². The van der Waals surface area contributed by atoms with Gasteiger partial charge in [-0.3, -0.25) is 0 Å². The minimum Gasteiger partial charge on any atom is -0.493 e. The van der Waals surface area contributed by atoms with Crippen molar-refractivity contribution >= 4 is 15.9 Å². The minimum absolute atomic E-state index is 0.667. The largest absolute Gasteiger partial charge is 0.493 e. The van der Waals surface area contributed by atoms with Crippen molar-refractivity contribution < 1.29 is 14.2 Å². The first kappa shape index (κ1) is 16.4. The molecule has 108 valence electrons. The Kier molecular flexibility index (Phi) is 8.82. The number of nitrogens with one attached hydrogen (secondary N) is 1. The van der Waals surface area contributed by atoms with Gasteiger partial charge in [-0.25, -0.2) is 0 Å². The van der Waals surface area contributed by atoms with E-state index >= 15 is 0 Å². The lowest BCUT2D eigenvalue weighted by Crippen LogP contribution is -2.19. The number of methoxy groups -OCH3 is 2. The molecule has 0 aliphatic heterocycles. The Hall–Kier alpha value is -0.620. The van der Waals surface area contributed by atoms with E-state index in [2.05, 4.69) is 27.3 Å². The maximum Gasteiger partial charge on any atom is 0.123 e. The van der Waals surface area contributed by atoms with E-state index in [-0.39, 0.29) is 0 Å². The van der Waals surface area contributed by atoms with Crippen molar-refractivity contribution in [3.05, 3.63) is 28.2 Å². The van der Waals surface area contributed by atoms with E-state index in [0.717, 1.165) is 41.9 Å². The molecule has 0 unspecified atom stereocenters. The minimum atomic E-state index is 0.667. The standard InChI is InChI=1S/C14H22BrNO3/c1-17-7-3-8-19-14-5-4-13(15)10-12(14)11-16-6-9-18-2/h4-5,10,16H,3,6-9,11H2,1-2H3. The van der Waals surface area contributed by atoms with E-state index in [0.29, 0.717) is 13.2 Å². The van der Waals surface area contributed by atoms with Crippen LogP contribution in [0.25, 0.3) is 0 Å². The van der Waals surface area contributed by atoms with Crippen molar-refractivity contribution in [2.24, 2.45) is 0 Å². The molecule has 19 heavy (non-hydrogen) atoms. The topological polar surface area (TPSA) is 39.7 Å². The molecule has 0 atom stereocenters. The lowest BCUT2D eigenvalue weighted by Gasteiger charge is -2.12. The summed E-state index contributed by atoms with van der Waals surface area (Å²) in [6, 6.07) is 6.06. The fraction of sp³-hybridized carbons (Fsp3) is 0.571. The Balaban J connectivity index is 2.48. The molecule has 0 bridgehead atoms. The molecule has 4 nitrogen and oxygen atoms in total. The Labute approximate surface area is 123 Å². The average Bonchev–Trinajstić information content (AvgIpc) is 2.41. The van der Waals surface area contributed by atoms with Gasteiger partial charge >= 0.3 is 0 Å². The highest BCUT2D eigenvalue weighted by Crippen LogP contribution is 2.23. The van der Waals surface area contributed by atoms with Gasteiger partial charge in [0.05, 0.1) is 13.2 Å². The van der Waals surface area contributed by atoms with E-state index in [9.17, 15) is 0 Å². The van der Waals surface area contributed by atoms with Gasteiger partial charge in [0.25, 0.3) is 0 Å². The highest BCUT2D eigenvalue weighted by Gasteiger charge is 2.04. The van der Waals surface area contributed by atoms with Gasteiger partial charge in [-0.2, -0.15) is 0 Å². The molecule has 0 aliphatic rings. The molecular formula is C14H22BrNO3. The van der Waals surface area contributed by atoms with Gasteiger partial charge in [-0.15, -0.1) is 0 Å². The fourth-order valence-corrected chi connectivity index (χ4v) is 2.02. The molecular weight excluding hydrogens is 310 g/mol. The molecule has 0 radical (unpaired) electrons. The van der Waals surface area contributed by atoms with Gasteiger partial charge in [0.2, 0.25) is 0 Å². The van der Waals surface area contributed by atoms with Crippen LogP contribution in [0.1, 0.15) is 12.0 Å². The third kappa shape index (κ3) is 6.92. The van der Waals surface area contributed by atoms with Crippen molar-refractivity contribution in [3.8, 4) is 5.75 Å². The molecule has 0 aromatic heterocycles. The molecule has 1 aromatic carbocycles. The molecule has 1 aromatic rings. The second kappa shape index (κ2) is 10.2. The van der Waals surface area contributed by atoms with Crippen molar-refractivity contribution in [1.82, 2.24) is 5.32 Å². The van der Waals surface area contributed by atoms with Gasteiger partial charge in [0.1, 0.15) is 5.75 Å². The zero-order chi connectivity index (χ0) is 13.9. The smallest absolute Gasteiger partial charge is 0.123 e. The van der Waals surface area contributed by atoms with Crippen LogP contribution in [0.2, 0.25) is 0 Å². The van der Waals surface area contributed by atoms with Crippen LogP contribution in [0.5, 0.6) is 5.75 Å². The summed E-state index contributed by atoms with van der Waals surface area (Å²) in [5, 5.41) is 3.32. The number of hydrogen-bond donors (Lipinski definition) is 1. The Morgan fingerprint density at radius 2 is 1.89 bits per heavy atom. The predicted molar refractivity (Wildman–Crippen MR) is 79.7 cm³/mol. The molecule has 0 saturated heterocycles. The summed E-state index contributed by atoms with van der Waals surface area (Å²) in [5.74, 6) is 0.921. The van der Waals surface area contributed by atoms with E-state index in [4.69, 9.17) is 14.2 Å². The Morgan fingerprint density at radius 1 is 1.11 bits per heavy atom. The summed E-state index contributed by atoms with van der Waals surface area (Å²) in [7, 11) is 3.40. The van der Waals surface area contributed by atoms with E-state index < -0.39 is 0 Å². The van der Waals surface area contributed by atoms with Crippen LogP contribution < -0.4 is 10.1 Å². The lowest BCUT2D eigenvalue weighted by atomic mass is 10.2. The highest BCUT2D eigenvalue weighted by molar-refractivity contribution is 9.10. The Bertz CT molecular complexity index is 361. The number of ether oxygens (including phenoxy) is 3. The summed E-state index contributed by atoms with van der Waals surface area (Å²) in [6.07, 6.45) is 0.892. The first-order valence-corrected chi connectivity index (χ1v) is 7.17. The van der Waals surface area contributed by atoms with Crippen LogP contribution in [-0.2, 0) is 16.0 Å². The van der Waals surface area contributed by atoms with Gasteiger partial charge in [-0.1, -0.05) is 15.9 Å². The monoisotopic (exact) mass is 331 g/mol. The SMILES string of the molecule is COCCCOc1ccc(Br)cc1CNCCOC. The van der Waals surface area contributed by atoms with E-state index in [1.165, 1.54) is 0 Å². The normalized spacial score (nSPS) is 10.7. The van der Waals surface area contributed by atoms with Crippen LogP contribution in [0.3, 0.4) is 0 Å². The molecule has 0 saturated carbocycles. The van der Waals surface area contributed by atoms with Crippen LogP contribution in [0, 0.1) is 0 Å². The quantitative estimate of drug-likeness (QED) is 0.669. The second-order valence-electron chi connectivity index (χ2n) is 4.12. The van der Waals surface area contributed by atoms with Gasteiger partial charge in [-0.05, 0) is 18.2 Å². The molecule has 0 fully saturated rings. The molecule has 0 spiro atoms. The third-order valence-corrected chi connectivity index (χ3v) is 3.06. The van der Waals surface area contributed by atoms with Crippen molar-refractivity contribution in [2.45, 2.75) is 13.0 Å². The predicted octanol–water partition coefficient (Wildman–Crippen LogP) is 2.60. The number of halogens is 1. The summed E-state index contributed by atoms with van der Waals surface area (Å²) in [5.41, 5.74) is 1.14. The van der Waals surface area contributed by atoms with E-state index in [1.54, 1.807) is 14.2 Å². The lowest BCUT2D eigenvalue weighted by molar-refractivity contribution is 0.171. The number of benzene rings is 1. The second-order valence-corrected chi connectivity index (χ2v) is 5.03. The number of hydrogen-bond acceptors (Lipinski definition) is 4. The first-order valence-electron chi connectivity index (χ1n) is 6.37. The highest BCUT2D eigenvalue weighted by atomic mass is 79.9. The summed E-state index contributed by atoms with van der Waals surface area (Å²) >= 11 is 3.48. The first-order chi connectivity index (χ1) is 9.27. The van der Waals surface area contributed by atoms with Crippen LogP contribution in [0.15, 0.2) is 22.7 Å². The molecule has 0 heterocycles. The summed E-state index contributed by atoms with van der Waals surface area (Å²) < 4.78 is 16.9. The van der Waals surface area contributed by atoms with Crippen LogP contribution >= 0.6 is 15.9 Å². The summed E-state index contributed by atoms with van der Waals surface area (Å²) in [6.45, 7) is 3.69.